The Hall–Kier alpha value is -1.95. The zero-order valence-corrected chi connectivity index (χ0v) is 16.6. The minimum atomic E-state index is -0.115. The number of carbonyl (C=O) groups is 2. The van der Waals surface area contributed by atoms with Gasteiger partial charge >= 0.3 is 0 Å². The first-order valence-electron chi connectivity index (χ1n) is 9.47. The van der Waals surface area contributed by atoms with E-state index in [1.807, 2.05) is 11.9 Å². The van der Waals surface area contributed by atoms with Crippen LogP contribution >= 0.6 is 11.3 Å². The molecular weight excluding hydrogens is 364 g/mol. The molecule has 0 bridgehead atoms. The molecular formula is C19H26N4O3S. The zero-order chi connectivity index (χ0) is 19.2. The summed E-state index contributed by atoms with van der Waals surface area (Å²) in [7, 11) is 1.84. The average Bonchev–Trinajstić information content (AvgIpc) is 3.03. The summed E-state index contributed by atoms with van der Waals surface area (Å²) in [5, 5.41) is 13.1. The zero-order valence-electron chi connectivity index (χ0n) is 15.8. The van der Waals surface area contributed by atoms with Crippen LogP contribution in [-0.4, -0.2) is 68.1 Å². The van der Waals surface area contributed by atoms with Gasteiger partial charge in [0.15, 0.2) is 0 Å². The van der Waals surface area contributed by atoms with Gasteiger partial charge in [-0.15, -0.1) is 11.3 Å². The molecule has 0 spiro atoms. The van der Waals surface area contributed by atoms with E-state index < -0.39 is 0 Å². The van der Waals surface area contributed by atoms with Crippen molar-refractivity contribution in [2.75, 3.05) is 51.8 Å². The van der Waals surface area contributed by atoms with Crippen molar-refractivity contribution in [2.45, 2.75) is 32.1 Å². The lowest BCUT2D eigenvalue weighted by Gasteiger charge is -2.28. The predicted molar refractivity (Wildman–Crippen MR) is 104 cm³/mol. The molecule has 0 unspecified atom stereocenters. The fraction of sp³-hybridized carbons (Fsp3) is 0.632. The van der Waals surface area contributed by atoms with E-state index in [-0.39, 0.29) is 11.8 Å². The van der Waals surface area contributed by atoms with Crippen molar-refractivity contribution in [1.82, 2.24) is 9.80 Å². The van der Waals surface area contributed by atoms with Crippen LogP contribution in [-0.2, 0) is 27.2 Å². The Balaban J connectivity index is 1.47. The molecule has 1 N–H and O–H groups in total. The molecule has 146 valence electrons. The molecule has 3 rings (SSSR count). The van der Waals surface area contributed by atoms with Crippen molar-refractivity contribution < 1.29 is 14.3 Å². The summed E-state index contributed by atoms with van der Waals surface area (Å²) in [5.41, 5.74) is 1.76. The minimum absolute atomic E-state index is 0.0684. The third-order valence-corrected chi connectivity index (χ3v) is 6.23. The van der Waals surface area contributed by atoms with Crippen LogP contribution < -0.4 is 5.32 Å². The largest absolute Gasteiger partial charge is 0.378 e. The molecule has 2 aliphatic rings. The van der Waals surface area contributed by atoms with E-state index >= 15 is 0 Å². The summed E-state index contributed by atoms with van der Waals surface area (Å²) in [6, 6.07) is 2.26. The number of aryl methyl sites for hydroxylation is 1. The van der Waals surface area contributed by atoms with E-state index in [0.29, 0.717) is 56.4 Å². The summed E-state index contributed by atoms with van der Waals surface area (Å²) in [5.74, 6) is -0.0466. The fourth-order valence-corrected chi connectivity index (χ4v) is 4.73. The molecule has 2 amide bonds. The topological polar surface area (TPSA) is 85.7 Å². The van der Waals surface area contributed by atoms with E-state index in [1.54, 1.807) is 4.90 Å². The van der Waals surface area contributed by atoms with Gasteiger partial charge in [-0.1, -0.05) is 0 Å². The maximum absolute atomic E-state index is 12.3. The lowest BCUT2D eigenvalue weighted by atomic mass is 9.96. The smallest absolute Gasteiger partial charge is 0.236 e. The van der Waals surface area contributed by atoms with Gasteiger partial charge < -0.3 is 15.0 Å². The number of amides is 2. The average molecular weight is 391 g/mol. The molecule has 0 atom stereocenters. The molecule has 0 aromatic carbocycles. The number of thiophene rings is 1. The van der Waals surface area contributed by atoms with Gasteiger partial charge in [0, 0.05) is 30.9 Å². The molecule has 1 saturated heterocycles. The third-order valence-electron chi connectivity index (χ3n) is 5.03. The number of hydrogen-bond donors (Lipinski definition) is 1. The van der Waals surface area contributed by atoms with Crippen molar-refractivity contribution in [3.63, 3.8) is 0 Å². The maximum atomic E-state index is 12.3. The summed E-state index contributed by atoms with van der Waals surface area (Å²) < 4.78 is 5.26. The highest BCUT2D eigenvalue weighted by Crippen LogP contribution is 2.37. The van der Waals surface area contributed by atoms with Crippen LogP contribution in [0, 0.1) is 11.3 Å². The third kappa shape index (κ3) is 5.06. The Morgan fingerprint density at radius 2 is 2.04 bits per heavy atom. The number of nitriles is 1. The van der Waals surface area contributed by atoms with Crippen LogP contribution in [0.25, 0.3) is 0 Å². The van der Waals surface area contributed by atoms with Gasteiger partial charge in [-0.05, 0) is 38.3 Å². The lowest BCUT2D eigenvalue weighted by molar-refractivity contribution is -0.136. The SMILES string of the molecule is CN(CCC(=O)Nc1sc2c(c1C#N)CCCC2)CC(=O)N1CCOCC1. The van der Waals surface area contributed by atoms with Crippen molar-refractivity contribution in [2.24, 2.45) is 0 Å². The molecule has 27 heavy (non-hydrogen) atoms. The van der Waals surface area contributed by atoms with Crippen LogP contribution in [0.1, 0.15) is 35.3 Å². The monoisotopic (exact) mass is 390 g/mol. The van der Waals surface area contributed by atoms with Gasteiger partial charge in [0.05, 0.1) is 25.3 Å². The van der Waals surface area contributed by atoms with E-state index in [2.05, 4.69) is 11.4 Å². The number of fused-ring (bicyclic) bond motifs is 1. The molecule has 0 radical (unpaired) electrons. The Bertz CT molecular complexity index is 734. The number of rotatable bonds is 6. The number of nitrogens with zero attached hydrogens (tertiary/aromatic N) is 3. The van der Waals surface area contributed by atoms with Crippen LogP contribution in [0.15, 0.2) is 0 Å². The Labute approximate surface area is 163 Å². The molecule has 1 fully saturated rings. The molecule has 1 aromatic heterocycles. The van der Waals surface area contributed by atoms with Crippen molar-refractivity contribution in [3.05, 3.63) is 16.0 Å². The highest BCUT2D eigenvalue weighted by molar-refractivity contribution is 7.16. The molecule has 0 saturated carbocycles. The van der Waals surface area contributed by atoms with E-state index in [1.165, 1.54) is 16.2 Å². The van der Waals surface area contributed by atoms with Gasteiger partial charge in [-0.25, -0.2) is 0 Å². The number of likely N-dealkylation sites (N-methyl/N-ethyl adjacent to an activating group) is 1. The van der Waals surface area contributed by atoms with Crippen LogP contribution in [0.3, 0.4) is 0 Å². The summed E-state index contributed by atoms with van der Waals surface area (Å²) in [4.78, 5) is 29.5. The van der Waals surface area contributed by atoms with Gasteiger partial charge in [0.1, 0.15) is 11.1 Å². The number of morpholine rings is 1. The van der Waals surface area contributed by atoms with Crippen LogP contribution in [0.4, 0.5) is 5.00 Å². The number of ether oxygens (including phenoxy) is 1. The van der Waals surface area contributed by atoms with E-state index in [9.17, 15) is 14.9 Å². The van der Waals surface area contributed by atoms with Crippen molar-refractivity contribution >= 4 is 28.2 Å². The van der Waals surface area contributed by atoms with Crippen LogP contribution in [0.2, 0.25) is 0 Å². The van der Waals surface area contributed by atoms with Gasteiger partial charge in [0.2, 0.25) is 11.8 Å². The molecule has 7 nitrogen and oxygen atoms in total. The number of nitrogens with one attached hydrogen (secondary N) is 1. The number of hydrogen-bond acceptors (Lipinski definition) is 6. The summed E-state index contributed by atoms with van der Waals surface area (Å²) in [6.07, 6.45) is 4.47. The van der Waals surface area contributed by atoms with Crippen molar-refractivity contribution in [1.29, 1.82) is 5.26 Å². The highest BCUT2D eigenvalue weighted by atomic mass is 32.1. The number of anilines is 1. The summed E-state index contributed by atoms with van der Waals surface area (Å²) >= 11 is 1.54. The lowest BCUT2D eigenvalue weighted by Crippen LogP contribution is -2.45. The van der Waals surface area contributed by atoms with E-state index in [0.717, 1.165) is 31.2 Å². The highest BCUT2D eigenvalue weighted by Gasteiger charge is 2.22. The quantitative estimate of drug-likeness (QED) is 0.798. The Morgan fingerprint density at radius 1 is 1.30 bits per heavy atom. The second kappa shape index (κ2) is 9.31. The normalized spacial score (nSPS) is 16.7. The van der Waals surface area contributed by atoms with Crippen LogP contribution in [0.5, 0.6) is 0 Å². The van der Waals surface area contributed by atoms with E-state index in [4.69, 9.17) is 4.74 Å². The molecule has 1 aliphatic carbocycles. The number of carbonyl (C=O) groups excluding carboxylic acids is 2. The maximum Gasteiger partial charge on any atom is 0.236 e. The first-order valence-corrected chi connectivity index (χ1v) is 10.3. The van der Waals surface area contributed by atoms with Gasteiger partial charge in [-0.3, -0.25) is 14.5 Å². The molecule has 2 heterocycles. The van der Waals surface area contributed by atoms with Crippen molar-refractivity contribution in [3.8, 4) is 6.07 Å². The Morgan fingerprint density at radius 3 is 2.78 bits per heavy atom. The van der Waals surface area contributed by atoms with Gasteiger partial charge in [0.25, 0.3) is 0 Å². The first-order chi connectivity index (χ1) is 13.1. The minimum Gasteiger partial charge on any atom is -0.378 e. The molecule has 1 aromatic rings. The first kappa shape index (κ1) is 19.8. The fourth-order valence-electron chi connectivity index (χ4n) is 3.48. The Kier molecular flexibility index (Phi) is 6.83. The second-order valence-electron chi connectivity index (χ2n) is 7.06. The standard InChI is InChI=1S/C19H26N4O3S/c1-22(13-18(25)23-8-10-26-11-9-23)7-6-17(24)21-19-15(12-20)14-4-2-3-5-16(14)27-19/h2-11,13H2,1H3,(H,21,24). The molecule has 8 heteroatoms. The second-order valence-corrected chi connectivity index (χ2v) is 8.16. The van der Waals surface area contributed by atoms with Gasteiger partial charge in [-0.2, -0.15) is 5.26 Å². The molecule has 1 aliphatic heterocycles. The predicted octanol–water partition coefficient (Wildman–Crippen LogP) is 1.62. The summed E-state index contributed by atoms with van der Waals surface area (Å²) in [6.45, 7) is 3.23.